The molecule has 2 aromatic rings. The predicted molar refractivity (Wildman–Crippen MR) is 72.6 cm³/mol. The van der Waals surface area contributed by atoms with Gasteiger partial charge in [0.25, 0.3) is 0 Å². The molecule has 4 nitrogen and oxygen atoms in total. The third-order valence-corrected chi connectivity index (χ3v) is 4.19. The molecule has 0 saturated carbocycles. The summed E-state index contributed by atoms with van der Waals surface area (Å²) in [6.45, 7) is 6.42. The summed E-state index contributed by atoms with van der Waals surface area (Å²) in [5.41, 5.74) is 4.77. The van der Waals surface area contributed by atoms with Crippen LogP contribution in [0.2, 0.25) is 5.15 Å². The zero-order chi connectivity index (χ0) is 13.1. The summed E-state index contributed by atoms with van der Waals surface area (Å²) in [7, 11) is 0. The monoisotopic (exact) mass is 283 g/mol. The van der Waals surface area contributed by atoms with Gasteiger partial charge in [0.05, 0.1) is 17.8 Å². The van der Waals surface area contributed by atoms with Crippen molar-refractivity contribution in [3.8, 4) is 5.88 Å². The Morgan fingerprint density at radius 1 is 1.22 bits per heavy atom. The molecule has 2 heterocycles. The van der Waals surface area contributed by atoms with Crippen molar-refractivity contribution in [2.75, 3.05) is 6.61 Å². The van der Waals surface area contributed by atoms with Gasteiger partial charge in [0, 0.05) is 16.9 Å². The molecule has 0 bridgehead atoms. The molecule has 0 aromatic carbocycles. The van der Waals surface area contributed by atoms with Crippen LogP contribution in [-0.4, -0.2) is 21.8 Å². The first-order valence-electron chi connectivity index (χ1n) is 5.60. The second kappa shape index (κ2) is 5.63. The van der Waals surface area contributed by atoms with Crippen molar-refractivity contribution in [3.63, 3.8) is 0 Å². The molecule has 96 valence electrons. The van der Waals surface area contributed by atoms with Gasteiger partial charge in [-0.2, -0.15) is 0 Å². The minimum atomic E-state index is 0.429. The lowest BCUT2D eigenvalue weighted by atomic mass is 10.2. The van der Waals surface area contributed by atoms with E-state index in [1.807, 2.05) is 26.3 Å². The number of thiazole rings is 1. The van der Waals surface area contributed by atoms with Crippen LogP contribution in [0.3, 0.4) is 0 Å². The summed E-state index contributed by atoms with van der Waals surface area (Å²) in [6.07, 6.45) is 0.833. The third-order valence-electron chi connectivity index (χ3n) is 2.83. The number of hydrogen-bond acceptors (Lipinski definition) is 5. The summed E-state index contributed by atoms with van der Waals surface area (Å²) >= 11 is 7.53. The highest BCUT2D eigenvalue weighted by atomic mass is 35.5. The maximum atomic E-state index is 5.89. The fourth-order valence-corrected chi connectivity index (χ4v) is 2.44. The number of aryl methyl sites for hydroxylation is 1. The first-order chi connectivity index (χ1) is 8.59. The van der Waals surface area contributed by atoms with E-state index in [-0.39, 0.29) is 0 Å². The fraction of sp³-hybridized carbons (Fsp3) is 0.417. The van der Waals surface area contributed by atoms with Crippen LogP contribution in [0, 0.1) is 20.8 Å². The van der Waals surface area contributed by atoms with Crippen LogP contribution < -0.4 is 4.74 Å². The van der Waals surface area contributed by atoms with E-state index in [1.54, 1.807) is 11.3 Å². The topological polar surface area (TPSA) is 47.9 Å². The molecule has 0 fully saturated rings. The summed E-state index contributed by atoms with van der Waals surface area (Å²) in [4.78, 5) is 5.45. The summed E-state index contributed by atoms with van der Waals surface area (Å²) in [6, 6.07) is 0. The number of halogens is 1. The minimum absolute atomic E-state index is 0.429. The Balaban J connectivity index is 1.99. The quantitative estimate of drug-likeness (QED) is 0.865. The lowest BCUT2D eigenvalue weighted by Gasteiger charge is -2.09. The molecule has 0 radical (unpaired) electrons. The zero-order valence-corrected chi connectivity index (χ0v) is 12.1. The average Bonchev–Trinajstić information content (AvgIpc) is 2.75. The smallest absolute Gasteiger partial charge is 0.236 e. The van der Waals surface area contributed by atoms with Crippen LogP contribution in [-0.2, 0) is 6.42 Å². The molecular weight excluding hydrogens is 270 g/mol. The Kier molecular flexibility index (Phi) is 4.14. The normalized spacial score (nSPS) is 10.7. The van der Waals surface area contributed by atoms with E-state index < -0.39 is 0 Å². The Bertz CT molecular complexity index is 556. The molecule has 0 aliphatic rings. The standard InChI is InChI=1S/C12H14ClN3OS/c1-7-8(2)12(16-15-11(7)13)17-5-4-10-9(3)14-6-18-10/h6H,4-5H2,1-3H3. The summed E-state index contributed by atoms with van der Waals surface area (Å²) < 4.78 is 5.65. The van der Waals surface area contributed by atoms with Gasteiger partial charge >= 0.3 is 0 Å². The second-order valence-electron chi connectivity index (χ2n) is 4.01. The van der Waals surface area contributed by atoms with Crippen molar-refractivity contribution in [1.29, 1.82) is 0 Å². The first kappa shape index (κ1) is 13.2. The zero-order valence-electron chi connectivity index (χ0n) is 10.5. The molecule has 6 heteroatoms. The molecule has 0 unspecified atom stereocenters. The first-order valence-corrected chi connectivity index (χ1v) is 6.86. The number of ether oxygens (including phenoxy) is 1. The second-order valence-corrected chi connectivity index (χ2v) is 5.30. The van der Waals surface area contributed by atoms with E-state index >= 15 is 0 Å². The van der Waals surface area contributed by atoms with E-state index in [2.05, 4.69) is 15.2 Å². The van der Waals surface area contributed by atoms with Crippen molar-refractivity contribution in [2.45, 2.75) is 27.2 Å². The van der Waals surface area contributed by atoms with Gasteiger partial charge in [0.15, 0.2) is 5.15 Å². The maximum Gasteiger partial charge on any atom is 0.236 e. The van der Waals surface area contributed by atoms with Crippen molar-refractivity contribution in [3.05, 3.63) is 32.4 Å². The van der Waals surface area contributed by atoms with Gasteiger partial charge in [-0.15, -0.1) is 21.5 Å². The van der Waals surface area contributed by atoms with Crippen LogP contribution in [0.25, 0.3) is 0 Å². The molecule has 2 rings (SSSR count). The molecule has 18 heavy (non-hydrogen) atoms. The molecule has 0 amide bonds. The molecule has 0 saturated heterocycles. The van der Waals surface area contributed by atoms with Gasteiger partial charge in [-0.3, -0.25) is 0 Å². The van der Waals surface area contributed by atoms with E-state index in [0.29, 0.717) is 17.6 Å². The van der Waals surface area contributed by atoms with Gasteiger partial charge in [-0.25, -0.2) is 4.98 Å². The Labute approximate surface area is 115 Å². The number of hydrogen-bond donors (Lipinski definition) is 0. The molecule has 0 aliphatic heterocycles. The maximum absolute atomic E-state index is 5.89. The van der Waals surface area contributed by atoms with Gasteiger partial charge in [0.1, 0.15) is 0 Å². The third kappa shape index (κ3) is 2.79. The summed E-state index contributed by atoms with van der Waals surface area (Å²) in [5.74, 6) is 0.555. The molecule has 0 N–H and O–H groups in total. The molecule has 0 atom stereocenters. The van der Waals surface area contributed by atoms with E-state index in [0.717, 1.165) is 23.2 Å². The Morgan fingerprint density at radius 3 is 2.67 bits per heavy atom. The molecular formula is C12H14ClN3OS. The number of rotatable bonds is 4. The fourth-order valence-electron chi connectivity index (χ4n) is 1.50. The molecule has 2 aromatic heterocycles. The van der Waals surface area contributed by atoms with Gasteiger partial charge in [-0.05, 0) is 26.3 Å². The predicted octanol–water partition coefficient (Wildman–Crippen LogP) is 3.13. The largest absolute Gasteiger partial charge is 0.476 e. The van der Waals surface area contributed by atoms with E-state index in [1.165, 1.54) is 4.88 Å². The summed E-state index contributed by atoms with van der Waals surface area (Å²) in [5, 5.41) is 8.25. The lowest BCUT2D eigenvalue weighted by Crippen LogP contribution is -2.06. The van der Waals surface area contributed by atoms with Crippen molar-refractivity contribution in [1.82, 2.24) is 15.2 Å². The van der Waals surface area contributed by atoms with Crippen LogP contribution >= 0.6 is 22.9 Å². The SMILES string of the molecule is Cc1ncsc1CCOc1nnc(Cl)c(C)c1C. The Morgan fingerprint density at radius 2 is 2.00 bits per heavy atom. The average molecular weight is 284 g/mol. The van der Waals surface area contributed by atoms with Crippen LogP contribution in [0.1, 0.15) is 21.7 Å². The van der Waals surface area contributed by atoms with Crippen molar-refractivity contribution >= 4 is 22.9 Å². The van der Waals surface area contributed by atoms with Gasteiger partial charge in [-0.1, -0.05) is 11.6 Å². The van der Waals surface area contributed by atoms with Crippen LogP contribution in [0.5, 0.6) is 5.88 Å². The van der Waals surface area contributed by atoms with E-state index in [4.69, 9.17) is 16.3 Å². The van der Waals surface area contributed by atoms with Crippen LogP contribution in [0.15, 0.2) is 5.51 Å². The van der Waals surface area contributed by atoms with Crippen molar-refractivity contribution < 1.29 is 4.74 Å². The Hall–Kier alpha value is -1.20. The van der Waals surface area contributed by atoms with Crippen LogP contribution in [0.4, 0.5) is 0 Å². The highest BCUT2D eigenvalue weighted by Crippen LogP contribution is 2.22. The van der Waals surface area contributed by atoms with E-state index in [9.17, 15) is 0 Å². The number of nitrogens with zero attached hydrogens (tertiary/aromatic N) is 3. The minimum Gasteiger partial charge on any atom is -0.476 e. The molecule has 0 spiro atoms. The van der Waals surface area contributed by atoms with Gasteiger partial charge in [0.2, 0.25) is 5.88 Å². The molecule has 0 aliphatic carbocycles. The van der Waals surface area contributed by atoms with Gasteiger partial charge < -0.3 is 4.74 Å². The number of aromatic nitrogens is 3. The van der Waals surface area contributed by atoms with Crippen molar-refractivity contribution in [2.24, 2.45) is 0 Å². The lowest BCUT2D eigenvalue weighted by molar-refractivity contribution is 0.303. The highest BCUT2D eigenvalue weighted by Gasteiger charge is 2.09. The highest BCUT2D eigenvalue weighted by molar-refractivity contribution is 7.09.